The van der Waals surface area contributed by atoms with Crippen molar-refractivity contribution in [3.05, 3.63) is 82.6 Å². The Morgan fingerprint density at radius 1 is 1.00 bits per heavy atom. The van der Waals surface area contributed by atoms with Crippen molar-refractivity contribution in [3.63, 3.8) is 0 Å². The van der Waals surface area contributed by atoms with Crippen LogP contribution in [0.5, 0.6) is 0 Å². The van der Waals surface area contributed by atoms with Crippen molar-refractivity contribution in [2.45, 2.75) is 6.04 Å². The lowest BCUT2D eigenvalue weighted by molar-refractivity contribution is 0.0943. The molecule has 0 aliphatic rings. The van der Waals surface area contributed by atoms with Crippen LogP contribution in [0.4, 0.5) is 11.4 Å². The minimum atomic E-state index is -0.0764. The third kappa shape index (κ3) is 4.50. The van der Waals surface area contributed by atoms with Crippen molar-refractivity contribution < 1.29 is 4.79 Å². The van der Waals surface area contributed by atoms with Crippen LogP contribution >= 0.6 is 11.3 Å². The van der Waals surface area contributed by atoms with Crippen LogP contribution in [0.15, 0.2) is 72.1 Å². The first-order valence-corrected chi connectivity index (χ1v) is 9.42. The Bertz CT molecular complexity index is 831. The highest BCUT2D eigenvalue weighted by Crippen LogP contribution is 2.24. The van der Waals surface area contributed by atoms with Gasteiger partial charge in [-0.1, -0.05) is 36.4 Å². The maximum Gasteiger partial charge on any atom is 0.253 e. The lowest BCUT2D eigenvalue weighted by atomic mass is 10.1. The van der Waals surface area contributed by atoms with Gasteiger partial charge in [-0.25, -0.2) is 0 Å². The van der Waals surface area contributed by atoms with E-state index >= 15 is 0 Å². The van der Waals surface area contributed by atoms with Crippen LogP contribution < -0.4 is 10.6 Å². The lowest BCUT2D eigenvalue weighted by Gasteiger charge is -2.23. The highest BCUT2D eigenvalue weighted by molar-refractivity contribution is 7.10. The van der Waals surface area contributed by atoms with Crippen molar-refractivity contribution in [2.24, 2.45) is 0 Å². The van der Waals surface area contributed by atoms with Crippen molar-refractivity contribution in [2.75, 3.05) is 26.0 Å². The Labute approximate surface area is 158 Å². The number of amides is 1. The van der Waals surface area contributed by atoms with Crippen LogP contribution in [0.2, 0.25) is 0 Å². The minimum absolute atomic E-state index is 0.0764. The van der Waals surface area contributed by atoms with Gasteiger partial charge in [0.05, 0.1) is 17.3 Å². The summed E-state index contributed by atoms with van der Waals surface area (Å²) in [6.07, 6.45) is 0. The second kappa shape index (κ2) is 8.65. The molecule has 0 spiro atoms. The van der Waals surface area contributed by atoms with Gasteiger partial charge in [0.15, 0.2) is 0 Å². The van der Waals surface area contributed by atoms with Crippen molar-refractivity contribution in [3.8, 4) is 0 Å². The van der Waals surface area contributed by atoms with Crippen LogP contribution in [0.3, 0.4) is 0 Å². The molecule has 1 unspecified atom stereocenters. The average molecular weight is 366 g/mol. The van der Waals surface area contributed by atoms with Gasteiger partial charge in [0.1, 0.15) is 0 Å². The summed E-state index contributed by atoms with van der Waals surface area (Å²) < 4.78 is 0. The Balaban J connectivity index is 1.72. The number of benzene rings is 2. The van der Waals surface area contributed by atoms with Gasteiger partial charge in [-0.05, 0) is 49.8 Å². The Hall–Kier alpha value is -2.63. The van der Waals surface area contributed by atoms with Crippen molar-refractivity contribution >= 4 is 28.6 Å². The summed E-state index contributed by atoms with van der Waals surface area (Å²) in [4.78, 5) is 16.2. The third-order valence-corrected chi connectivity index (χ3v) is 5.15. The summed E-state index contributed by atoms with van der Waals surface area (Å²) in [5.74, 6) is -0.0764. The molecule has 4 nitrogen and oxygen atoms in total. The van der Waals surface area contributed by atoms with Gasteiger partial charge < -0.3 is 15.5 Å². The second-order valence-corrected chi connectivity index (χ2v) is 7.22. The molecular weight excluding hydrogens is 342 g/mol. The molecule has 2 N–H and O–H groups in total. The normalized spacial score (nSPS) is 12.0. The number of nitrogens with zero attached hydrogens (tertiary/aromatic N) is 1. The third-order valence-electron chi connectivity index (χ3n) is 4.18. The smallest absolute Gasteiger partial charge is 0.253 e. The zero-order valence-corrected chi connectivity index (χ0v) is 15.8. The Kier molecular flexibility index (Phi) is 6.04. The summed E-state index contributed by atoms with van der Waals surface area (Å²) in [7, 11) is 4.06. The van der Waals surface area contributed by atoms with Crippen LogP contribution in [-0.4, -0.2) is 31.4 Å². The van der Waals surface area contributed by atoms with Gasteiger partial charge in [-0.15, -0.1) is 11.3 Å². The van der Waals surface area contributed by atoms with E-state index in [2.05, 4.69) is 27.0 Å². The monoisotopic (exact) mass is 365 g/mol. The molecule has 134 valence electrons. The number of carbonyl (C=O) groups is 1. The molecule has 0 aliphatic carbocycles. The highest BCUT2D eigenvalue weighted by atomic mass is 32.1. The van der Waals surface area contributed by atoms with Crippen LogP contribution in [0.25, 0.3) is 0 Å². The largest absolute Gasteiger partial charge is 0.355 e. The summed E-state index contributed by atoms with van der Waals surface area (Å²) in [6.45, 7) is 0.562. The second-order valence-electron chi connectivity index (χ2n) is 6.24. The van der Waals surface area contributed by atoms with Crippen LogP contribution in [0, 0.1) is 0 Å². The number of hydrogen-bond acceptors (Lipinski definition) is 4. The van der Waals surface area contributed by atoms with E-state index in [-0.39, 0.29) is 11.9 Å². The van der Waals surface area contributed by atoms with Crippen LogP contribution in [-0.2, 0) is 0 Å². The molecule has 0 radical (unpaired) electrons. The fourth-order valence-corrected chi connectivity index (χ4v) is 3.69. The summed E-state index contributed by atoms with van der Waals surface area (Å²) in [5, 5.41) is 8.47. The quantitative estimate of drug-likeness (QED) is 0.647. The number of rotatable bonds is 7. The lowest BCUT2D eigenvalue weighted by Crippen LogP contribution is -2.34. The van der Waals surface area contributed by atoms with Gasteiger partial charge in [0.25, 0.3) is 5.91 Å². The van der Waals surface area contributed by atoms with E-state index in [1.54, 1.807) is 11.3 Å². The Morgan fingerprint density at radius 3 is 2.42 bits per heavy atom. The Morgan fingerprint density at radius 2 is 1.73 bits per heavy atom. The predicted octanol–water partition coefficient (Wildman–Crippen LogP) is 4.52. The average Bonchev–Trinajstić information content (AvgIpc) is 3.17. The van der Waals surface area contributed by atoms with Gasteiger partial charge in [-0.3, -0.25) is 4.79 Å². The molecule has 0 fully saturated rings. The first-order valence-electron chi connectivity index (χ1n) is 8.54. The molecule has 0 bridgehead atoms. The van der Waals surface area contributed by atoms with Crippen LogP contribution in [0.1, 0.15) is 21.3 Å². The fourth-order valence-electron chi connectivity index (χ4n) is 2.77. The number of carbonyl (C=O) groups excluding carboxylic acids is 1. The standard InChI is InChI=1S/C21H23N3OS/c1-24(2)19(20-13-8-14-26-20)15-22-21(25)17-11-6-7-12-18(17)23-16-9-4-3-5-10-16/h3-14,19,23H,15H2,1-2H3,(H,22,25). The van der Waals surface area contributed by atoms with Gasteiger partial charge >= 0.3 is 0 Å². The maximum atomic E-state index is 12.8. The van der Waals surface area contributed by atoms with E-state index in [0.29, 0.717) is 12.1 Å². The van der Waals surface area contributed by atoms with Crippen molar-refractivity contribution in [1.29, 1.82) is 0 Å². The molecule has 0 saturated heterocycles. The van der Waals surface area contributed by atoms with Gasteiger partial charge in [-0.2, -0.15) is 0 Å². The molecule has 1 amide bonds. The molecule has 3 rings (SSSR count). The number of hydrogen-bond donors (Lipinski definition) is 2. The summed E-state index contributed by atoms with van der Waals surface area (Å²) >= 11 is 1.71. The molecule has 3 aromatic rings. The molecule has 1 aromatic heterocycles. The highest BCUT2D eigenvalue weighted by Gasteiger charge is 2.18. The fraction of sp³-hybridized carbons (Fsp3) is 0.190. The molecule has 26 heavy (non-hydrogen) atoms. The number of anilines is 2. The van der Waals surface area contributed by atoms with E-state index in [0.717, 1.165) is 11.4 Å². The number of thiophene rings is 1. The zero-order valence-electron chi connectivity index (χ0n) is 15.0. The number of likely N-dealkylation sites (N-methyl/N-ethyl adjacent to an activating group) is 1. The van der Waals surface area contributed by atoms with Gasteiger partial charge in [0.2, 0.25) is 0 Å². The number of para-hydroxylation sites is 2. The van der Waals surface area contributed by atoms with E-state index in [1.165, 1.54) is 4.88 Å². The van der Waals surface area contributed by atoms with E-state index in [4.69, 9.17) is 0 Å². The first kappa shape index (κ1) is 18.2. The predicted molar refractivity (Wildman–Crippen MR) is 109 cm³/mol. The first-order chi connectivity index (χ1) is 12.6. The molecule has 2 aromatic carbocycles. The molecule has 1 heterocycles. The zero-order chi connectivity index (χ0) is 18.4. The molecule has 0 aliphatic heterocycles. The van der Waals surface area contributed by atoms with Gasteiger partial charge in [0, 0.05) is 17.1 Å². The molecular formula is C21H23N3OS. The molecule has 1 atom stereocenters. The minimum Gasteiger partial charge on any atom is -0.355 e. The molecule has 5 heteroatoms. The summed E-state index contributed by atoms with van der Waals surface area (Å²) in [5.41, 5.74) is 2.39. The maximum absolute atomic E-state index is 12.8. The van der Waals surface area contributed by atoms with Crippen molar-refractivity contribution in [1.82, 2.24) is 10.2 Å². The van der Waals surface area contributed by atoms with E-state index in [9.17, 15) is 4.79 Å². The topological polar surface area (TPSA) is 44.4 Å². The SMILES string of the molecule is CN(C)C(CNC(=O)c1ccccc1Nc1ccccc1)c1cccs1. The summed E-state index contributed by atoms with van der Waals surface area (Å²) in [6, 6.07) is 21.7. The van der Waals surface area contributed by atoms with E-state index in [1.807, 2.05) is 74.8 Å². The van der Waals surface area contributed by atoms with E-state index < -0.39 is 0 Å². The number of nitrogens with one attached hydrogen (secondary N) is 2. The molecule has 0 saturated carbocycles.